The van der Waals surface area contributed by atoms with Crippen LogP contribution in [0.1, 0.15) is 226 Å². The average molecular weight is 953 g/mol. The first-order valence-electron chi connectivity index (χ1n) is 27.7. The van der Waals surface area contributed by atoms with Crippen molar-refractivity contribution in [3.63, 3.8) is 0 Å². The van der Waals surface area contributed by atoms with E-state index in [0.717, 1.165) is 148 Å². The van der Waals surface area contributed by atoms with Gasteiger partial charge in [0.1, 0.15) is 13.2 Å². The van der Waals surface area contributed by atoms with Gasteiger partial charge in [-0.15, -0.1) is 0 Å². The van der Waals surface area contributed by atoms with Gasteiger partial charge < -0.3 is 14.2 Å². The lowest BCUT2D eigenvalue weighted by molar-refractivity contribution is -0.167. The first kappa shape index (κ1) is 64.5. The molecule has 6 nitrogen and oxygen atoms in total. The van der Waals surface area contributed by atoms with Gasteiger partial charge in [-0.05, 0) is 116 Å². The van der Waals surface area contributed by atoms with Crippen molar-refractivity contribution in [2.24, 2.45) is 0 Å². The molecule has 0 saturated carbocycles. The SMILES string of the molecule is CC/C=C\C/C=C\C/C=C\C/C=C\C/C=C\C/C=C\C/C=C\C/C=C\CCCCCCCCC(=O)OCC(COC(=O)CCCCCCCCC)OC(=O)CCCCC/C=C\C/C=C\C/C=C\CC. The van der Waals surface area contributed by atoms with Crippen LogP contribution in [0.2, 0.25) is 0 Å². The third-order valence-electron chi connectivity index (χ3n) is 11.2. The number of carbonyl (C=O) groups is 3. The number of rotatable bonds is 48. The normalized spacial score (nSPS) is 13.1. The van der Waals surface area contributed by atoms with E-state index in [-0.39, 0.29) is 37.5 Å². The molecule has 0 amide bonds. The van der Waals surface area contributed by atoms with Gasteiger partial charge in [-0.3, -0.25) is 14.4 Å². The molecule has 69 heavy (non-hydrogen) atoms. The highest BCUT2D eigenvalue weighted by molar-refractivity contribution is 5.71. The Hall–Kier alpha value is -4.45. The standard InChI is InChI=1S/C63H100O6/c1-4-7-10-13-16-18-20-22-23-24-25-26-27-28-29-30-31-32-33-34-35-36-37-38-39-41-42-44-47-50-53-56-62(65)68-59-60(58-67-61(64)55-52-49-46-15-12-9-6-3)69-63(66)57-54-51-48-45-43-40-21-19-17-14-11-8-5-2/h7-8,10-11,16-19,22-23,25-26,28-29,31-32,34-35,37-38,40,43,60H,4-6,9,12-15,20-21,24,27,30,33,36,39,41-42,44-59H2,1-3H3/b10-7-,11-8-,18-16-,19-17-,23-22-,26-25-,29-28-,32-31-,35-34-,38-37-,43-40-. The van der Waals surface area contributed by atoms with Gasteiger partial charge in [0.25, 0.3) is 0 Å². The van der Waals surface area contributed by atoms with Crippen LogP contribution >= 0.6 is 0 Å². The Kier molecular flexibility index (Phi) is 52.5. The molecule has 0 aliphatic carbocycles. The van der Waals surface area contributed by atoms with Crippen LogP contribution in [0.3, 0.4) is 0 Å². The van der Waals surface area contributed by atoms with E-state index in [1.807, 2.05) is 0 Å². The van der Waals surface area contributed by atoms with E-state index in [4.69, 9.17) is 14.2 Å². The summed E-state index contributed by atoms with van der Waals surface area (Å²) in [6, 6.07) is 0. The average Bonchev–Trinajstić information content (AvgIpc) is 3.35. The van der Waals surface area contributed by atoms with E-state index in [1.54, 1.807) is 0 Å². The summed E-state index contributed by atoms with van der Waals surface area (Å²) in [5.41, 5.74) is 0. The van der Waals surface area contributed by atoms with Crippen LogP contribution < -0.4 is 0 Å². The number of carbonyl (C=O) groups excluding carboxylic acids is 3. The summed E-state index contributed by atoms with van der Waals surface area (Å²) in [4.78, 5) is 37.8. The Morgan fingerprint density at radius 3 is 0.899 bits per heavy atom. The van der Waals surface area contributed by atoms with Gasteiger partial charge in [0, 0.05) is 19.3 Å². The summed E-state index contributed by atoms with van der Waals surface area (Å²) in [6.45, 7) is 6.31. The first-order valence-corrected chi connectivity index (χ1v) is 27.7. The second-order valence-corrected chi connectivity index (χ2v) is 17.7. The van der Waals surface area contributed by atoms with Crippen LogP contribution in [-0.4, -0.2) is 37.2 Å². The largest absolute Gasteiger partial charge is 0.462 e. The highest BCUT2D eigenvalue weighted by atomic mass is 16.6. The Balaban J connectivity index is 4.21. The molecule has 1 atom stereocenters. The Labute approximate surface area is 424 Å². The summed E-state index contributed by atoms with van der Waals surface area (Å²) in [5.74, 6) is -0.958. The number of allylic oxidation sites excluding steroid dienone is 22. The molecule has 0 aliphatic heterocycles. The molecule has 1 unspecified atom stereocenters. The maximum Gasteiger partial charge on any atom is 0.306 e. The minimum atomic E-state index is -0.800. The van der Waals surface area contributed by atoms with Crippen molar-refractivity contribution in [2.45, 2.75) is 232 Å². The molecule has 0 spiro atoms. The molecule has 0 aromatic carbocycles. The molecule has 0 fully saturated rings. The minimum absolute atomic E-state index is 0.0978. The summed E-state index contributed by atoms with van der Waals surface area (Å²) < 4.78 is 16.7. The zero-order chi connectivity index (χ0) is 50.0. The highest BCUT2D eigenvalue weighted by Gasteiger charge is 2.19. The maximum absolute atomic E-state index is 12.7. The number of esters is 3. The van der Waals surface area contributed by atoms with Gasteiger partial charge in [0.05, 0.1) is 0 Å². The molecule has 0 saturated heterocycles. The van der Waals surface area contributed by atoms with Gasteiger partial charge in [0.15, 0.2) is 6.10 Å². The lowest BCUT2D eigenvalue weighted by Gasteiger charge is -2.18. The molecule has 6 heteroatoms. The van der Waals surface area contributed by atoms with Crippen LogP contribution in [0.4, 0.5) is 0 Å². The Morgan fingerprint density at radius 1 is 0.304 bits per heavy atom. The van der Waals surface area contributed by atoms with E-state index in [9.17, 15) is 14.4 Å². The fraction of sp³-hybridized carbons (Fsp3) is 0.603. The van der Waals surface area contributed by atoms with E-state index < -0.39 is 6.10 Å². The monoisotopic (exact) mass is 953 g/mol. The Bertz CT molecular complexity index is 1510. The molecular formula is C63H100O6. The van der Waals surface area contributed by atoms with Crippen LogP contribution in [0.25, 0.3) is 0 Å². The molecular weight excluding hydrogens is 853 g/mol. The van der Waals surface area contributed by atoms with Gasteiger partial charge in [-0.1, -0.05) is 225 Å². The van der Waals surface area contributed by atoms with Crippen molar-refractivity contribution in [3.8, 4) is 0 Å². The minimum Gasteiger partial charge on any atom is -0.462 e. The summed E-state index contributed by atoms with van der Waals surface area (Å²) >= 11 is 0. The summed E-state index contributed by atoms with van der Waals surface area (Å²) in [5, 5.41) is 0. The fourth-order valence-corrected chi connectivity index (χ4v) is 7.06. The zero-order valence-corrected chi connectivity index (χ0v) is 44.3. The lowest BCUT2D eigenvalue weighted by atomic mass is 10.1. The first-order chi connectivity index (χ1) is 34.0. The number of hydrogen-bond acceptors (Lipinski definition) is 6. The molecule has 0 aromatic rings. The lowest BCUT2D eigenvalue weighted by Crippen LogP contribution is -2.30. The highest BCUT2D eigenvalue weighted by Crippen LogP contribution is 2.13. The van der Waals surface area contributed by atoms with Crippen molar-refractivity contribution in [3.05, 3.63) is 134 Å². The van der Waals surface area contributed by atoms with Crippen LogP contribution in [-0.2, 0) is 28.6 Å². The predicted octanol–water partition coefficient (Wildman–Crippen LogP) is 18.6. The molecule has 0 heterocycles. The third kappa shape index (κ3) is 54.4. The molecule has 0 rings (SSSR count). The van der Waals surface area contributed by atoms with Gasteiger partial charge in [-0.2, -0.15) is 0 Å². The van der Waals surface area contributed by atoms with Crippen molar-refractivity contribution >= 4 is 17.9 Å². The molecule has 0 aromatic heterocycles. The van der Waals surface area contributed by atoms with E-state index in [1.165, 1.54) is 38.5 Å². The van der Waals surface area contributed by atoms with Crippen LogP contribution in [0.15, 0.2) is 134 Å². The third-order valence-corrected chi connectivity index (χ3v) is 11.2. The van der Waals surface area contributed by atoms with Gasteiger partial charge in [-0.25, -0.2) is 0 Å². The topological polar surface area (TPSA) is 78.9 Å². The predicted molar refractivity (Wildman–Crippen MR) is 297 cm³/mol. The van der Waals surface area contributed by atoms with Crippen molar-refractivity contribution in [2.75, 3.05) is 13.2 Å². The van der Waals surface area contributed by atoms with Crippen LogP contribution in [0, 0.1) is 0 Å². The second kappa shape index (κ2) is 56.1. The van der Waals surface area contributed by atoms with Crippen molar-refractivity contribution < 1.29 is 28.6 Å². The smallest absolute Gasteiger partial charge is 0.306 e. The van der Waals surface area contributed by atoms with Gasteiger partial charge >= 0.3 is 17.9 Å². The van der Waals surface area contributed by atoms with Gasteiger partial charge in [0.2, 0.25) is 0 Å². The second-order valence-electron chi connectivity index (χ2n) is 17.7. The molecule has 0 aliphatic rings. The van der Waals surface area contributed by atoms with Crippen LogP contribution in [0.5, 0.6) is 0 Å². The van der Waals surface area contributed by atoms with Crippen molar-refractivity contribution in [1.82, 2.24) is 0 Å². The zero-order valence-electron chi connectivity index (χ0n) is 44.3. The van der Waals surface area contributed by atoms with E-state index in [0.29, 0.717) is 12.8 Å². The number of ether oxygens (including phenoxy) is 3. The van der Waals surface area contributed by atoms with E-state index in [2.05, 4.69) is 154 Å². The molecule has 0 bridgehead atoms. The number of unbranched alkanes of at least 4 members (excludes halogenated alkanes) is 15. The maximum atomic E-state index is 12.7. The van der Waals surface area contributed by atoms with E-state index >= 15 is 0 Å². The molecule has 0 N–H and O–H groups in total. The molecule has 0 radical (unpaired) electrons. The number of hydrogen-bond donors (Lipinski definition) is 0. The summed E-state index contributed by atoms with van der Waals surface area (Å²) in [6.07, 6.45) is 79.0. The van der Waals surface area contributed by atoms with Crippen molar-refractivity contribution in [1.29, 1.82) is 0 Å². The quantitative estimate of drug-likeness (QED) is 0.0262. The Morgan fingerprint density at radius 2 is 0.565 bits per heavy atom. The fourth-order valence-electron chi connectivity index (χ4n) is 7.06. The molecule has 388 valence electrons. The summed E-state index contributed by atoms with van der Waals surface area (Å²) in [7, 11) is 0.